The maximum Gasteiger partial charge on any atom is 0.413 e. The quantitative estimate of drug-likeness (QED) is 0.343. The fourth-order valence-corrected chi connectivity index (χ4v) is 4.56. The van der Waals surface area contributed by atoms with Gasteiger partial charge in [0.2, 0.25) is 0 Å². The Kier molecular flexibility index (Phi) is 8.65. The van der Waals surface area contributed by atoms with Gasteiger partial charge in [-0.1, -0.05) is 30.3 Å². The molecule has 3 atom stereocenters. The lowest BCUT2D eigenvalue weighted by Crippen LogP contribution is -2.45. The van der Waals surface area contributed by atoms with Crippen LogP contribution in [0.4, 0.5) is 10.5 Å². The van der Waals surface area contributed by atoms with Gasteiger partial charge >= 0.3 is 12.1 Å². The molecule has 176 valence electrons. The lowest BCUT2D eigenvalue weighted by Gasteiger charge is -2.27. The molecular weight excluding hydrogens is 462 g/mol. The maximum atomic E-state index is 13.1. The number of nitrogens with zero attached hydrogens (tertiary/aromatic N) is 1. The topological polar surface area (TPSA) is 119 Å². The van der Waals surface area contributed by atoms with Gasteiger partial charge in [-0.15, -0.1) is 0 Å². The van der Waals surface area contributed by atoms with E-state index in [-0.39, 0.29) is 10.8 Å². The van der Waals surface area contributed by atoms with Gasteiger partial charge in [-0.05, 0) is 54.2 Å². The zero-order valence-electron chi connectivity index (χ0n) is 18.1. The summed E-state index contributed by atoms with van der Waals surface area (Å²) in [5.74, 6) is -1.03. The molecule has 0 radical (unpaired) electrons. The molecule has 1 aliphatic heterocycles. The number of thioether (sulfide) groups is 1. The van der Waals surface area contributed by atoms with Crippen molar-refractivity contribution in [1.29, 1.82) is 0 Å². The van der Waals surface area contributed by atoms with E-state index < -0.39 is 30.2 Å². The number of carboxylic acids is 1. The van der Waals surface area contributed by atoms with Crippen LogP contribution in [0.15, 0.2) is 48.5 Å². The van der Waals surface area contributed by atoms with Crippen LogP contribution in [0.2, 0.25) is 0 Å². The van der Waals surface area contributed by atoms with Crippen molar-refractivity contribution in [2.75, 3.05) is 23.5 Å². The molecule has 2 amide bonds. The zero-order valence-corrected chi connectivity index (χ0v) is 19.8. The SMILES string of the molecule is CSCC[C@H](NC(=O)c1ccc(N(C(=O)O)C2C[C@H](S)CN2)cc1-c1ccccc1)C(=O)O. The fraction of sp³-hybridized carbons (Fsp3) is 0.348. The lowest BCUT2D eigenvalue weighted by molar-refractivity contribution is -0.139. The van der Waals surface area contributed by atoms with E-state index in [1.807, 2.05) is 36.6 Å². The summed E-state index contributed by atoms with van der Waals surface area (Å²) in [6, 6.07) is 12.9. The van der Waals surface area contributed by atoms with Crippen molar-refractivity contribution in [3.63, 3.8) is 0 Å². The van der Waals surface area contributed by atoms with E-state index in [4.69, 9.17) is 0 Å². The molecule has 2 aromatic rings. The molecule has 1 saturated heterocycles. The summed E-state index contributed by atoms with van der Waals surface area (Å²) in [6.45, 7) is 0.593. The molecule has 0 saturated carbocycles. The van der Waals surface area contributed by atoms with E-state index in [1.165, 1.54) is 16.7 Å². The number of aliphatic carboxylic acids is 1. The summed E-state index contributed by atoms with van der Waals surface area (Å²) >= 11 is 5.94. The van der Waals surface area contributed by atoms with Gasteiger partial charge in [0.05, 0.1) is 6.17 Å². The van der Waals surface area contributed by atoms with Crippen LogP contribution in [0.3, 0.4) is 0 Å². The van der Waals surface area contributed by atoms with Crippen molar-refractivity contribution < 1.29 is 24.6 Å². The van der Waals surface area contributed by atoms with Crippen molar-refractivity contribution in [3.05, 3.63) is 54.1 Å². The van der Waals surface area contributed by atoms with Crippen LogP contribution >= 0.6 is 24.4 Å². The Bertz CT molecular complexity index is 1000. The van der Waals surface area contributed by atoms with Crippen molar-refractivity contribution in [2.24, 2.45) is 0 Å². The molecule has 10 heteroatoms. The first-order chi connectivity index (χ1) is 15.8. The molecule has 8 nitrogen and oxygen atoms in total. The molecule has 3 rings (SSSR count). The Morgan fingerprint density at radius 2 is 1.94 bits per heavy atom. The van der Waals surface area contributed by atoms with Gasteiger partial charge in [-0.25, -0.2) is 9.59 Å². The Labute approximate surface area is 202 Å². The first-order valence-electron chi connectivity index (χ1n) is 10.5. The van der Waals surface area contributed by atoms with Crippen LogP contribution in [-0.2, 0) is 4.79 Å². The summed E-state index contributed by atoms with van der Waals surface area (Å²) in [4.78, 5) is 38.0. The number of benzene rings is 2. The molecule has 0 aliphatic carbocycles. The van der Waals surface area contributed by atoms with Gasteiger partial charge in [-0.2, -0.15) is 24.4 Å². The summed E-state index contributed by atoms with van der Waals surface area (Å²) in [5, 5.41) is 25.2. The predicted octanol–water partition coefficient (Wildman–Crippen LogP) is 3.39. The first kappa shape index (κ1) is 24.9. The monoisotopic (exact) mass is 489 g/mol. The first-order valence-corrected chi connectivity index (χ1v) is 12.4. The van der Waals surface area contributed by atoms with Crippen LogP contribution in [0.5, 0.6) is 0 Å². The highest BCUT2D eigenvalue weighted by Gasteiger charge is 2.32. The number of carbonyl (C=O) groups excluding carboxylic acids is 1. The molecule has 0 spiro atoms. The number of anilines is 1. The van der Waals surface area contributed by atoms with Crippen molar-refractivity contribution in [2.45, 2.75) is 30.3 Å². The smallest absolute Gasteiger partial charge is 0.413 e. The third-order valence-electron chi connectivity index (χ3n) is 5.43. The normalized spacial score (nSPS) is 18.5. The van der Waals surface area contributed by atoms with E-state index in [2.05, 4.69) is 23.3 Å². The van der Waals surface area contributed by atoms with E-state index in [0.717, 1.165) is 5.56 Å². The third-order valence-corrected chi connectivity index (χ3v) is 6.46. The molecule has 1 aliphatic rings. The molecular formula is C23H27N3O5S2. The van der Waals surface area contributed by atoms with E-state index in [0.29, 0.717) is 36.4 Å². The highest BCUT2D eigenvalue weighted by atomic mass is 32.2. The second kappa shape index (κ2) is 11.4. The largest absolute Gasteiger partial charge is 0.480 e. The highest BCUT2D eigenvalue weighted by Crippen LogP contribution is 2.31. The predicted molar refractivity (Wildman–Crippen MR) is 133 cm³/mol. The molecule has 0 aromatic heterocycles. The van der Waals surface area contributed by atoms with Crippen molar-refractivity contribution >= 4 is 48.0 Å². The van der Waals surface area contributed by atoms with Crippen LogP contribution in [0.1, 0.15) is 23.2 Å². The minimum absolute atomic E-state index is 0.0460. The zero-order chi connectivity index (χ0) is 24.0. The second-order valence-electron chi connectivity index (χ2n) is 7.71. The van der Waals surface area contributed by atoms with Crippen LogP contribution in [0, 0.1) is 0 Å². The van der Waals surface area contributed by atoms with E-state index in [1.54, 1.807) is 18.2 Å². The Hall–Kier alpha value is -2.69. The lowest BCUT2D eigenvalue weighted by atomic mass is 9.97. The van der Waals surface area contributed by atoms with Gasteiger partial charge in [0, 0.05) is 23.0 Å². The van der Waals surface area contributed by atoms with E-state index >= 15 is 0 Å². The summed E-state index contributed by atoms with van der Waals surface area (Å²) < 4.78 is 0. The number of carboxylic acid groups (broad SMARTS) is 2. The Balaban J connectivity index is 2.00. The number of rotatable bonds is 9. The standard InChI is InChI=1S/C23H27N3O5S2/c1-33-10-9-19(22(28)29)25-21(27)17-8-7-15(11-18(17)14-5-3-2-4-6-14)26(23(30)31)20-12-16(32)13-24-20/h2-8,11,16,19-20,24,32H,9-10,12-13H2,1H3,(H,25,27)(H,28,29)(H,30,31)/t16-,19-,20?/m0/s1. The number of nitrogens with one attached hydrogen (secondary N) is 2. The van der Waals surface area contributed by atoms with Crippen LogP contribution in [0.25, 0.3) is 11.1 Å². The average molecular weight is 490 g/mol. The van der Waals surface area contributed by atoms with Crippen LogP contribution in [-0.4, -0.2) is 64.2 Å². The number of amides is 2. The molecule has 2 aromatic carbocycles. The van der Waals surface area contributed by atoms with E-state index in [9.17, 15) is 24.6 Å². The maximum absolute atomic E-state index is 13.1. The molecule has 1 fully saturated rings. The molecule has 1 unspecified atom stereocenters. The number of carbonyl (C=O) groups is 3. The number of hydrogen-bond donors (Lipinski definition) is 5. The van der Waals surface area contributed by atoms with Gasteiger partial charge < -0.3 is 15.5 Å². The van der Waals surface area contributed by atoms with Gasteiger partial charge in [0.25, 0.3) is 5.91 Å². The van der Waals surface area contributed by atoms with Crippen molar-refractivity contribution in [1.82, 2.24) is 10.6 Å². The second-order valence-corrected chi connectivity index (χ2v) is 9.42. The van der Waals surface area contributed by atoms with Crippen LogP contribution < -0.4 is 15.5 Å². The van der Waals surface area contributed by atoms with Gasteiger partial charge in [-0.3, -0.25) is 15.0 Å². The highest BCUT2D eigenvalue weighted by molar-refractivity contribution is 7.98. The van der Waals surface area contributed by atoms with Gasteiger partial charge in [0.1, 0.15) is 6.04 Å². The fourth-order valence-electron chi connectivity index (χ4n) is 3.78. The molecule has 0 bridgehead atoms. The summed E-state index contributed by atoms with van der Waals surface area (Å²) in [7, 11) is 0. The van der Waals surface area contributed by atoms with Crippen molar-refractivity contribution in [3.8, 4) is 11.1 Å². The number of hydrogen-bond acceptors (Lipinski definition) is 6. The minimum Gasteiger partial charge on any atom is -0.480 e. The van der Waals surface area contributed by atoms with Gasteiger partial charge in [0.15, 0.2) is 0 Å². The minimum atomic E-state index is -1.12. The average Bonchev–Trinajstić information content (AvgIpc) is 3.22. The Morgan fingerprint density at radius 1 is 1.21 bits per heavy atom. The molecule has 33 heavy (non-hydrogen) atoms. The molecule has 1 heterocycles. The Morgan fingerprint density at radius 3 is 2.52 bits per heavy atom. The number of thiol groups is 1. The summed E-state index contributed by atoms with van der Waals surface area (Å²) in [6.07, 6.45) is 1.17. The molecule has 4 N–H and O–H groups in total. The third kappa shape index (κ3) is 6.21. The summed E-state index contributed by atoms with van der Waals surface area (Å²) in [5.41, 5.74) is 1.93.